The predicted molar refractivity (Wildman–Crippen MR) is 104 cm³/mol. The fourth-order valence-electron chi connectivity index (χ4n) is 3.75. The average Bonchev–Trinajstić information content (AvgIpc) is 2.97. The zero-order valence-electron chi connectivity index (χ0n) is 15.3. The van der Waals surface area contributed by atoms with Gasteiger partial charge in [-0.3, -0.25) is 0 Å². The summed E-state index contributed by atoms with van der Waals surface area (Å²) in [7, 11) is 0. The number of nitrogens with zero attached hydrogens (tertiary/aromatic N) is 1. The van der Waals surface area contributed by atoms with Gasteiger partial charge >= 0.3 is 0 Å². The van der Waals surface area contributed by atoms with Gasteiger partial charge in [0.15, 0.2) is 0 Å². The van der Waals surface area contributed by atoms with Crippen molar-refractivity contribution >= 4 is 11.4 Å². The number of rotatable bonds is 9. The molecule has 0 N–H and O–H groups in total. The van der Waals surface area contributed by atoms with Crippen LogP contribution in [0.15, 0.2) is 36.4 Å². The van der Waals surface area contributed by atoms with Crippen molar-refractivity contribution < 1.29 is 0 Å². The van der Waals surface area contributed by atoms with E-state index in [0.717, 1.165) is 5.69 Å². The fourth-order valence-corrected chi connectivity index (χ4v) is 3.75. The Morgan fingerprint density at radius 2 is 1.46 bits per heavy atom. The number of para-hydroxylation sites is 1. The molecule has 0 atom stereocenters. The molecule has 127 valence electrons. The summed E-state index contributed by atoms with van der Waals surface area (Å²) in [4.78, 5) is 0. The molecule has 0 fully saturated rings. The second kappa shape index (κ2) is 8.37. The zero-order chi connectivity index (χ0) is 16.8. The summed E-state index contributed by atoms with van der Waals surface area (Å²) >= 11 is 0. The first-order valence-electron chi connectivity index (χ1n) is 9.75. The Balaban J connectivity index is 1.56. The van der Waals surface area contributed by atoms with Gasteiger partial charge in [0.05, 0.1) is 11.4 Å². The van der Waals surface area contributed by atoms with Crippen molar-refractivity contribution in [1.82, 2.24) is 5.32 Å². The fraction of sp³-hybridized carbons (Fsp3) is 0.478. The molecule has 2 aromatic carbocycles. The Bertz CT molecular complexity index is 672. The van der Waals surface area contributed by atoms with Crippen LogP contribution in [0.3, 0.4) is 0 Å². The van der Waals surface area contributed by atoms with E-state index in [-0.39, 0.29) is 0 Å². The molecular weight excluding hydrogens is 290 g/mol. The molecule has 0 spiro atoms. The summed E-state index contributed by atoms with van der Waals surface area (Å²) in [5.41, 5.74) is 7.85. The lowest BCUT2D eigenvalue weighted by molar-refractivity contribution is 0.575. The van der Waals surface area contributed by atoms with Crippen molar-refractivity contribution in [3.8, 4) is 11.1 Å². The van der Waals surface area contributed by atoms with Crippen LogP contribution in [0.25, 0.3) is 11.1 Å². The van der Waals surface area contributed by atoms with Gasteiger partial charge in [0, 0.05) is 11.1 Å². The summed E-state index contributed by atoms with van der Waals surface area (Å²) < 4.78 is 0. The quantitative estimate of drug-likeness (QED) is 0.369. The van der Waals surface area contributed by atoms with E-state index in [4.69, 9.17) is 5.32 Å². The van der Waals surface area contributed by atoms with Crippen LogP contribution in [-0.4, -0.2) is 0 Å². The van der Waals surface area contributed by atoms with E-state index in [1.807, 2.05) is 0 Å². The van der Waals surface area contributed by atoms with Crippen LogP contribution >= 0.6 is 0 Å². The molecule has 1 nitrogen and oxygen atoms in total. The van der Waals surface area contributed by atoms with E-state index in [1.165, 1.54) is 85.7 Å². The maximum absolute atomic E-state index is 4.92. The summed E-state index contributed by atoms with van der Waals surface area (Å²) in [6.45, 7) is 4.52. The standard InChI is InChI=1S/C23H30N/c1-3-4-5-6-7-8-9-10-13-19-18(2)16-17-21-20-14-11-12-15-22(20)24-23(19)21/h11-12,14-17H,3-10,13H2,1-2H3. The van der Waals surface area contributed by atoms with Gasteiger partial charge in [-0.15, -0.1) is 0 Å². The van der Waals surface area contributed by atoms with Gasteiger partial charge in [-0.1, -0.05) is 82.2 Å². The minimum atomic E-state index is 1.13. The van der Waals surface area contributed by atoms with Crippen LogP contribution in [0.2, 0.25) is 0 Å². The molecule has 0 unspecified atom stereocenters. The highest BCUT2D eigenvalue weighted by molar-refractivity contribution is 5.92. The van der Waals surface area contributed by atoms with Gasteiger partial charge in [0.25, 0.3) is 0 Å². The van der Waals surface area contributed by atoms with E-state index in [1.54, 1.807) is 0 Å². The van der Waals surface area contributed by atoms with Gasteiger partial charge in [-0.05, 0) is 37.0 Å². The second-order valence-electron chi connectivity index (χ2n) is 7.11. The third-order valence-corrected chi connectivity index (χ3v) is 5.22. The van der Waals surface area contributed by atoms with Crippen LogP contribution in [0.1, 0.15) is 69.4 Å². The number of aryl methyl sites for hydroxylation is 1. The number of fused-ring (bicyclic) bond motifs is 3. The van der Waals surface area contributed by atoms with E-state index < -0.39 is 0 Å². The van der Waals surface area contributed by atoms with Gasteiger partial charge < -0.3 is 0 Å². The number of hydrogen-bond donors (Lipinski definition) is 0. The van der Waals surface area contributed by atoms with Crippen LogP contribution in [0.5, 0.6) is 0 Å². The molecule has 0 amide bonds. The SMILES string of the molecule is CCCCCCCCCCc1c(C)ccc2c1[N]c1ccccc1-2. The molecule has 1 aliphatic heterocycles. The van der Waals surface area contributed by atoms with E-state index in [0.29, 0.717) is 0 Å². The van der Waals surface area contributed by atoms with E-state index in [2.05, 4.69) is 50.2 Å². The molecule has 0 saturated heterocycles. The lowest BCUT2D eigenvalue weighted by Gasteiger charge is -2.11. The first-order valence-corrected chi connectivity index (χ1v) is 9.75. The van der Waals surface area contributed by atoms with Crippen molar-refractivity contribution in [3.05, 3.63) is 47.5 Å². The maximum Gasteiger partial charge on any atom is 0.0750 e. The van der Waals surface area contributed by atoms with Crippen LogP contribution in [0.4, 0.5) is 11.4 Å². The lowest BCUT2D eigenvalue weighted by atomic mass is 9.95. The molecule has 0 aromatic heterocycles. The molecule has 1 heterocycles. The van der Waals surface area contributed by atoms with Crippen LogP contribution in [0, 0.1) is 6.92 Å². The highest BCUT2D eigenvalue weighted by atomic mass is 14.9. The largest absolute Gasteiger partial charge is 0.247 e. The second-order valence-corrected chi connectivity index (χ2v) is 7.11. The van der Waals surface area contributed by atoms with Crippen molar-refractivity contribution in [2.24, 2.45) is 0 Å². The lowest BCUT2D eigenvalue weighted by Crippen LogP contribution is -1.96. The first kappa shape index (κ1) is 17.1. The Morgan fingerprint density at radius 3 is 2.25 bits per heavy atom. The summed E-state index contributed by atoms with van der Waals surface area (Å²) in [6, 6.07) is 13.0. The molecule has 24 heavy (non-hydrogen) atoms. The molecule has 2 aromatic rings. The van der Waals surface area contributed by atoms with Crippen molar-refractivity contribution in [2.45, 2.75) is 71.6 Å². The smallest absolute Gasteiger partial charge is 0.0750 e. The predicted octanol–water partition coefficient (Wildman–Crippen LogP) is 7.23. The molecular formula is C23H30N. The zero-order valence-corrected chi connectivity index (χ0v) is 15.3. The Hall–Kier alpha value is -1.76. The monoisotopic (exact) mass is 320 g/mol. The third-order valence-electron chi connectivity index (χ3n) is 5.22. The minimum Gasteiger partial charge on any atom is -0.247 e. The molecule has 0 bridgehead atoms. The third kappa shape index (κ3) is 3.83. The van der Waals surface area contributed by atoms with Gasteiger partial charge in [0.1, 0.15) is 0 Å². The van der Waals surface area contributed by atoms with Crippen LogP contribution < -0.4 is 5.32 Å². The molecule has 1 aliphatic rings. The van der Waals surface area contributed by atoms with Crippen LogP contribution in [-0.2, 0) is 6.42 Å². The number of benzene rings is 2. The average molecular weight is 321 g/mol. The molecule has 0 aliphatic carbocycles. The Kier molecular flexibility index (Phi) is 5.96. The van der Waals surface area contributed by atoms with Crippen molar-refractivity contribution in [2.75, 3.05) is 0 Å². The Morgan fingerprint density at radius 1 is 0.750 bits per heavy atom. The van der Waals surface area contributed by atoms with Crippen molar-refractivity contribution in [3.63, 3.8) is 0 Å². The molecule has 0 saturated carbocycles. The van der Waals surface area contributed by atoms with Gasteiger partial charge in [-0.2, -0.15) is 0 Å². The molecule has 3 rings (SSSR count). The first-order chi connectivity index (χ1) is 11.8. The highest BCUT2D eigenvalue weighted by Gasteiger charge is 2.22. The summed E-state index contributed by atoms with van der Waals surface area (Å²) in [5, 5.41) is 4.92. The van der Waals surface area contributed by atoms with Gasteiger partial charge in [0.2, 0.25) is 0 Å². The maximum atomic E-state index is 4.92. The van der Waals surface area contributed by atoms with E-state index >= 15 is 0 Å². The normalized spacial score (nSPS) is 11.9. The van der Waals surface area contributed by atoms with Crippen molar-refractivity contribution in [1.29, 1.82) is 0 Å². The number of hydrogen-bond acceptors (Lipinski definition) is 0. The van der Waals surface area contributed by atoms with E-state index in [9.17, 15) is 0 Å². The summed E-state index contributed by atoms with van der Waals surface area (Å²) in [5.74, 6) is 0. The molecule has 1 heteroatoms. The topological polar surface area (TPSA) is 14.1 Å². The summed E-state index contributed by atoms with van der Waals surface area (Å²) in [6.07, 6.45) is 12.2. The van der Waals surface area contributed by atoms with Gasteiger partial charge in [-0.25, -0.2) is 5.32 Å². The Labute approximate surface area is 147 Å². The minimum absolute atomic E-state index is 1.13. The number of unbranched alkanes of at least 4 members (excludes halogenated alkanes) is 7. The molecule has 1 radical (unpaired) electrons. The highest BCUT2D eigenvalue weighted by Crippen LogP contribution is 2.45.